The number of hydrogen-bond acceptors (Lipinski definition) is 3. The molecule has 0 radical (unpaired) electrons. The molecule has 0 aliphatic rings. The minimum atomic E-state index is -0.659. The second-order valence-electron chi connectivity index (χ2n) is 16.2. The summed E-state index contributed by atoms with van der Waals surface area (Å²) in [6.07, 6.45) is 59.4. The van der Waals surface area contributed by atoms with Crippen LogP contribution in [0, 0.1) is 0 Å². The van der Waals surface area contributed by atoms with Crippen LogP contribution >= 0.6 is 0 Å². The van der Waals surface area contributed by atoms with Crippen LogP contribution in [0.2, 0.25) is 0 Å². The Kier molecular flexibility index (Phi) is 43.8. The number of aliphatic hydroxyl groups excluding tert-OH is 2. The second-order valence-corrected chi connectivity index (χ2v) is 16.2. The highest BCUT2D eigenvalue weighted by Gasteiger charge is 2.20. The summed E-state index contributed by atoms with van der Waals surface area (Å²) in [6.45, 7) is 4.35. The van der Waals surface area contributed by atoms with Crippen molar-refractivity contribution < 1.29 is 15.0 Å². The summed E-state index contributed by atoms with van der Waals surface area (Å²) in [7, 11) is 0. The molecule has 0 heterocycles. The van der Waals surface area contributed by atoms with Crippen LogP contribution in [-0.4, -0.2) is 34.9 Å². The summed E-state index contributed by atoms with van der Waals surface area (Å²) >= 11 is 0. The van der Waals surface area contributed by atoms with Gasteiger partial charge in [-0.25, -0.2) is 0 Å². The molecule has 312 valence electrons. The SMILES string of the molecule is CCCCCCC/C=C\C/C=C\C/C=C\CCCCCCCCCCCCCCC(=O)NC(CO)C(O)CCCCCCCCCCCCCCCC. The molecule has 2 unspecified atom stereocenters. The van der Waals surface area contributed by atoms with Crippen molar-refractivity contribution in [3.8, 4) is 0 Å². The van der Waals surface area contributed by atoms with Crippen LogP contribution in [0.3, 0.4) is 0 Å². The molecule has 4 nitrogen and oxygen atoms in total. The van der Waals surface area contributed by atoms with Crippen molar-refractivity contribution in [2.24, 2.45) is 0 Å². The van der Waals surface area contributed by atoms with Gasteiger partial charge in [0.2, 0.25) is 5.91 Å². The molecular formula is C49H93NO3. The molecule has 0 saturated carbocycles. The molecule has 1 amide bonds. The third-order valence-corrected chi connectivity index (χ3v) is 10.9. The summed E-state index contributed by atoms with van der Waals surface area (Å²) in [4.78, 5) is 12.4. The lowest BCUT2D eigenvalue weighted by molar-refractivity contribution is -0.123. The first kappa shape index (κ1) is 51.6. The molecule has 0 aromatic carbocycles. The lowest BCUT2D eigenvalue weighted by atomic mass is 10.0. The summed E-state index contributed by atoms with van der Waals surface area (Å²) < 4.78 is 0. The molecule has 0 spiro atoms. The predicted octanol–water partition coefficient (Wildman–Crippen LogP) is 15.0. The third-order valence-electron chi connectivity index (χ3n) is 10.9. The van der Waals surface area contributed by atoms with Crippen LogP contribution in [0.5, 0.6) is 0 Å². The van der Waals surface area contributed by atoms with Crippen molar-refractivity contribution in [1.29, 1.82) is 0 Å². The van der Waals surface area contributed by atoms with E-state index in [4.69, 9.17) is 0 Å². The predicted molar refractivity (Wildman–Crippen MR) is 235 cm³/mol. The smallest absolute Gasteiger partial charge is 0.220 e. The number of carbonyl (C=O) groups is 1. The van der Waals surface area contributed by atoms with Crippen molar-refractivity contribution in [3.05, 3.63) is 36.5 Å². The van der Waals surface area contributed by atoms with Crippen molar-refractivity contribution in [1.82, 2.24) is 5.32 Å². The molecule has 0 rings (SSSR count). The Bertz CT molecular complexity index is 806. The summed E-state index contributed by atoms with van der Waals surface area (Å²) in [6, 6.07) is -0.536. The van der Waals surface area contributed by atoms with E-state index in [1.165, 1.54) is 186 Å². The number of nitrogens with one attached hydrogen (secondary N) is 1. The van der Waals surface area contributed by atoms with Crippen LogP contribution in [0.15, 0.2) is 36.5 Å². The molecule has 0 aromatic rings. The van der Waals surface area contributed by atoms with Gasteiger partial charge in [0.05, 0.1) is 18.8 Å². The molecule has 0 bridgehead atoms. The molecule has 0 aliphatic heterocycles. The van der Waals surface area contributed by atoms with Gasteiger partial charge in [-0.2, -0.15) is 0 Å². The van der Waals surface area contributed by atoms with Gasteiger partial charge in [0, 0.05) is 6.42 Å². The van der Waals surface area contributed by atoms with Crippen LogP contribution in [-0.2, 0) is 4.79 Å². The van der Waals surface area contributed by atoms with E-state index in [0.717, 1.165) is 38.5 Å². The van der Waals surface area contributed by atoms with Gasteiger partial charge in [0.1, 0.15) is 0 Å². The second kappa shape index (κ2) is 45.0. The number of carbonyl (C=O) groups excluding carboxylic acids is 1. The van der Waals surface area contributed by atoms with E-state index in [1.54, 1.807) is 0 Å². The van der Waals surface area contributed by atoms with Crippen molar-refractivity contribution >= 4 is 5.91 Å². The number of allylic oxidation sites excluding steroid dienone is 6. The largest absolute Gasteiger partial charge is 0.394 e. The van der Waals surface area contributed by atoms with E-state index in [-0.39, 0.29) is 12.5 Å². The number of unbranched alkanes of at least 4 members (excludes halogenated alkanes) is 30. The molecule has 0 aliphatic carbocycles. The van der Waals surface area contributed by atoms with Gasteiger partial charge < -0.3 is 15.5 Å². The van der Waals surface area contributed by atoms with Crippen LogP contribution in [0.4, 0.5) is 0 Å². The molecule has 2 atom stereocenters. The zero-order valence-corrected chi connectivity index (χ0v) is 35.8. The maximum absolute atomic E-state index is 12.4. The zero-order valence-electron chi connectivity index (χ0n) is 35.8. The zero-order chi connectivity index (χ0) is 38.6. The molecule has 0 aromatic heterocycles. The summed E-state index contributed by atoms with van der Waals surface area (Å²) in [5.74, 6) is -0.0327. The third kappa shape index (κ3) is 41.6. The first-order valence-electron chi connectivity index (χ1n) is 23.7. The van der Waals surface area contributed by atoms with Gasteiger partial charge in [0.25, 0.3) is 0 Å². The van der Waals surface area contributed by atoms with Gasteiger partial charge in [0.15, 0.2) is 0 Å². The minimum absolute atomic E-state index is 0.0327. The van der Waals surface area contributed by atoms with E-state index in [0.29, 0.717) is 12.8 Å². The molecule has 53 heavy (non-hydrogen) atoms. The van der Waals surface area contributed by atoms with Gasteiger partial charge >= 0.3 is 0 Å². The van der Waals surface area contributed by atoms with E-state index >= 15 is 0 Å². The van der Waals surface area contributed by atoms with E-state index in [1.807, 2.05) is 0 Å². The van der Waals surface area contributed by atoms with E-state index < -0.39 is 12.1 Å². The Morgan fingerprint density at radius 3 is 1.15 bits per heavy atom. The highest BCUT2D eigenvalue weighted by Crippen LogP contribution is 2.16. The lowest BCUT2D eigenvalue weighted by Gasteiger charge is -2.22. The Morgan fingerprint density at radius 1 is 0.453 bits per heavy atom. The Hall–Kier alpha value is -1.39. The first-order chi connectivity index (χ1) is 26.2. The summed E-state index contributed by atoms with van der Waals surface area (Å²) in [5, 5.41) is 23.2. The highest BCUT2D eigenvalue weighted by atomic mass is 16.3. The molecule has 0 saturated heterocycles. The highest BCUT2D eigenvalue weighted by molar-refractivity contribution is 5.76. The molecular weight excluding hydrogens is 651 g/mol. The average molecular weight is 744 g/mol. The maximum Gasteiger partial charge on any atom is 0.220 e. The quantitative estimate of drug-likeness (QED) is 0.0430. The number of rotatable bonds is 43. The van der Waals surface area contributed by atoms with Crippen LogP contribution in [0.25, 0.3) is 0 Å². The summed E-state index contributed by atoms with van der Waals surface area (Å²) in [5.41, 5.74) is 0. The van der Waals surface area contributed by atoms with Crippen LogP contribution < -0.4 is 5.32 Å². The van der Waals surface area contributed by atoms with Crippen molar-refractivity contribution in [2.45, 2.75) is 264 Å². The fraction of sp³-hybridized carbons (Fsp3) is 0.857. The van der Waals surface area contributed by atoms with Gasteiger partial charge in [-0.15, -0.1) is 0 Å². The van der Waals surface area contributed by atoms with Crippen molar-refractivity contribution in [2.75, 3.05) is 6.61 Å². The van der Waals surface area contributed by atoms with Crippen molar-refractivity contribution in [3.63, 3.8) is 0 Å². The standard InChI is InChI=1S/C49H93NO3/c1-3-5-7-9-11-13-15-17-19-20-21-22-23-24-25-26-27-28-29-30-31-33-35-37-39-41-43-45-49(53)50-47(46-51)48(52)44-42-40-38-36-34-32-18-16-14-12-10-8-6-4-2/h15,17,20-21,23-24,47-48,51-52H,3-14,16,18-19,22,25-46H2,1-2H3,(H,50,53)/b17-15-,21-20-,24-23-. The number of amides is 1. The molecule has 4 heteroatoms. The topological polar surface area (TPSA) is 69.6 Å². The lowest BCUT2D eigenvalue weighted by Crippen LogP contribution is -2.45. The first-order valence-corrected chi connectivity index (χ1v) is 23.7. The number of aliphatic hydroxyl groups is 2. The fourth-order valence-corrected chi connectivity index (χ4v) is 7.25. The molecule has 3 N–H and O–H groups in total. The van der Waals surface area contributed by atoms with Gasteiger partial charge in [-0.1, -0.05) is 230 Å². The van der Waals surface area contributed by atoms with Gasteiger partial charge in [-0.3, -0.25) is 4.79 Å². The number of hydrogen-bond donors (Lipinski definition) is 3. The Labute approximate surface area is 331 Å². The van der Waals surface area contributed by atoms with E-state index in [2.05, 4.69) is 55.6 Å². The minimum Gasteiger partial charge on any atom is -0.394 e. The Morgan fingerprint density at radius 2 is 0.774 bits per heavy atom. The maximum atomic E-state index is 12.4. The van der Waals surface area contributed by atoms with E-state index in [9.17, 15) is 15.0 Å². The monoisotopic (exact) mass is 744 g/mol. The fourth-order valence-electron chi connectivity index (χ4n) is 7.25. The molecule has 0 fully saturated rings. The van der Waals surface area contributed by atoms with Crippen LogP contribution in [0.1, 0.15) is 251 Å². The average Bonchev–Trinajstić information content (AvgIpc) is 3.16. The van der Waals surface area contributed by atoms with Gasteiger partial charge in [-0.05, 0) is 51.4 Å². The Balaban J connectivity index is 3.49. The normalized spacial score (nSPS) is 13.2.